The topological polar surface area (TPSA) is 115 Å². The van der Waals surface area contributed by atoms with Gasteiger partial charge in [0, 0.05) is 17.8 Å². The Morgan fingerprint density at radius 2 is 1.48 bits per heavy atom. The van der Waals surface area contributed by atoms with E-state index in [1.54, 1.807) is 26.4 Å². The van der Waals surface area contributed by atoms with Crippen molar-refractivity contribution in [2.45, 2.75) is 31.2 Å². The average molecular weight is 389 g/mol. The zero-order valence-corrected chi connectivity index (χ0v) is 16.5. The lowest BCUT2D eigenvalue weighted by atomic mass is 9.75. The van der Waals surface area contributed by atoms with E-state index in [2.05, 4.69) is 22.2 Å². The molecule has 7 nitrogen and oxygen atoms in total. The first-order valence-corrected chi connectivity index (χ1v) is 9.24. The second kappa shape index (κ2) is 11.2. The lowest BCUT2D eigenvalue weighted by Gasteiger charge is -2.30. The van der Waals surface area contributed by atoms with Gasteiger partial charge in [-0.15, -0.1) is 0 Å². The van der Waals surface area contributed by atoms with Crippen molar-refractivity contribution in [2.24, 2.45) is 11.0 Å². The maximum Gasteiger partial charge on any atom is 0.118 e. The maximum atomic E-state index is 9.50. The quantitative estimate of drug-likeness (QED) is 0.295. The van der Waals surface area contributed by atoms with E-state index in [-0.39, 0.29) is 18.3 Å². The molecule has 2 aromatic carbocycles. The van der Waals surface area contributed by atoms with Crippen LogP contribution in [-0.4, -0.2) is 14.2 Å². The van der Waals surface area contributed by atoms with Crippen molar-refractivity contribution in [1.82, 2.24) is 0 Å². The molecule has 2 rings (SSSR count). The van der Waals surface area contributed by atoms with Crippen molar-refractivity contribution in [3.05, 3.63) is 70.1 Å². The van der Waals surface area contributed by atoms with Gasteiger partial charge in [0.1, 0.15) is 11.5 Å². The van der Waals surface area contributed by atoms with E-state index >= 15 is 0 Å². The molecule has 0 aliphatic rings. The van der Waals surface area contributed by atoms with Crippen LogP contribution in [0, 0.1) is 28.6 Å². The van der Waals surface area contributed by atoms with Gasteiger partial charge in [-0.05, 0) is 59.2 Å². The monoisotopic (exact) mass is 389 g/mol. The van der Waals surface area contributed by atoms with Gasteiger partial charge in [-0.25, -0.2) is 0 Å². The second-order valence-corrected chi connectivity index (χ2v) is 6.53. The fraction of sp³-hybridized carbons (Fsp3) is 0.364. The third-order valence-electron chi connectivity index (χ3n) is 4.99. The number of hydrogen-bond acceptors (Lipinski definition) is 5. The van der Waals surface area contributed by atoms with E-state index in [0.29, 0.717) is 18.6 Å². The van der Waals surface area contributed by atoms with Crippen molar-refractivity contribution in [2.75, 3.05) is 14.2 Å². The van der Waals surface area contributed by atoms with Gasteiger partial charge >= 0.3 is 0 Å². The van der Waals surface area contributed by atoms with Gasteiger partial charge in [-0.3, -0.25) is 0 Å². The Kier molecular flexibility index (Phi) is 8.38. The minimum Gasteiger partial charge on any atom is -0.497 e. The molecule has 0 radical (unpaired) electrons. The van der Waals surface area contributed by atoms with Crippen LogP contribution < -0.4 is 9.47 Å². The molecule has 3 atom stereocenters. The third kappa shape index (κ3) is 5.65. The predicted molar refractivity (Wildman–Crippen MR) is 109 cm³/mol. The minimum atomic E-state index is -0.545. The molecule has 0 amide bonds. The number of nitrogens with zero attached hydrogens (tertiary/aromatic N) is 5. The minimum absolute atomic E-state index is 0.127. The van der Waals surface area contributed by atoms with E-state index in [1.807, 2.05) is 36.4 Å². The van der Waals surface area contributed by atoms with Gasteiger partial charge in [-0.2, -0.15) is 10.5 Å². The lowest BCUT2D eigenvalue weighted by molar-refractivity contribution is 0.345. The SMILES string of the molecule is COc1ccc(C(CCC#N)C(CC#N)C(N=[N+]=[N-])c2ccc(OC)cc2)cc1. The Balaban J connectivity index is 2.50. The third-order valence-corrected chi connectivity index (χ3v) is 4.99. The predicted octanol–water partition coefficient (Wildman–Crippen LogP) is 5.67. The first kappa shape index (κ1) is 21.6. The Morgan fingerprint density at radius 1 is 0.931 bits per heavy atom. The van der Waals surface area contributed by atoms with Crippen LogP contribution >= 0.6 is 0 Å². The highest BCUT2D eigenvalue weighted by Gasteiger charge is 2.31. The van der Waals surface area contributed by atoms with Crippen LogP contribution in [0.2, 0.25) is 0 Å². The van der Waals surface area contributed by atoms with Crippen LogP contribution in [0.3, 0.4) is 0 Å². The average Bonchev–Trinajstić information content (AvgIpc) is 2.77. The van der Waals surface area contributed by atoms with Gasteiger partial charge in [0.2, 0.25) is 0 Å². The summed E-state index contributed by atoms with van der Waals surface area (Å²) in [5, 5.41) is 22.7. The molecule has 148 valence electrons. The van der Waals surface area contributed by atoms with Gasteiger partial charge in [-0.1, -0.05) is 29.4 Å². The van der Waals surface area contributed by atoms with Crippen LogP contribution in [0.15, 0.2) is 53.6 Å². The smallest absolute Gasteiger partial charge is 0.118 e. The molecule has 0 saturated carbocycles. The molecule has 29 heavy (non-hydrogen) atoms. The fourth-order valence-corrected chi connectivity index (χ4v) is 3.53. The number of azide groups is 1. The summed E-state index contributed by atoms with van der Waals surface area (Å²) >= 11 is 0. The fourth-order valence-electron chi connectivity index (χ4n) is 3.53. The molecule has 0 bridgehead atoms. The van der Waals surface area contributed by atoms with Gasteiger partial charge in [0.25, 0.3) is 0 Å². The normalized spacial score (nSPS) is 13.1. The highest BCUT2D eigenvalue weighted by molar-refractivity contribution is 5.33. The summed E-state index contributed by atoms with van der Waals surface area (Å²) in [6, 6.07) is 18.8. The highest BCUT2D eigenvalue weighted by Crippen LogP contribution is 2.42. The molecule has 0 saturated heterocycles. The molecule has 0 spiro atoms. The summed E-state index contributed by atoms with van der Waals surface area (Å²) in [6.07, 6.45) is 1.09. The van der Waals surface area contributed by atoms with E-state index in [0.717, 1.165) is 16.9 Å². The molecule has 0 aromatic heterocycles. The van der Waals surface area contributed by atoms with Crippen LogP contribution in [0.5, 0.6) is 11.5 Å². The first-order chi connectivity index (χ1) is 14.2. The lowest BCUT2D eigenvalue weighted by Crippen LogP contribution is -2.20. The van der Waals surface area contributed by atoms with Crippen LogP contribution in [0.25, 0.3) is 10.4 Å². The van der Waals surface area contributed by atoms with Crippen molar-refractivity contribution in [1.29, 1.82) is 10.5 Å². The summed E-state index contributed by atoms with van der Waals surface area (Å²) in [7, 11) is 3.18. The summed E-state index contributed by atoms with van der Waals surface area (Å²) in [5.41, 5.74) is 11.0. The zero-order valence-electron chi connectivity index (χ0n) is 16.5. The van der Waals surface area contributed by atoms with Crippen LogP contribution in [0.1, 0.15) is 42.3 Å². The van der Waals surface area contributed by atoms with Crippen molar-refractivity contribution in [3.8, 4) is 23.6 Å². The summed E-state index contributed by atoms with van der Waals surface area (Å²) in [6.45, 7) is 0. The highest BCUT2D eigenvalue weighted by atomic mass is 16.5. The maximum absolute atomic E-state index is 9.50. The largest absolute Gasteiger partial charge is 0.497 e. The van der Waals surface area contributed by atoms with E-state index < -0.39 is 6.04 Å². The van der Waals surface area contributed by atoms with Gasteiger partial charge in [0.15, 0.2) is 0 Å². The molecule has 0 N–H and O–H groups in total. The molecule has 0 aliphatic carbocycles. The molecular formula is C22H23N5O2. The summed E-state index contributed by atoms with van der Waals surface area (Å²) < 4.78 is 10.4. The zero-order chi connectivity index (χ0) is 21.1. The van der Waals surface area contributed by atoms with E-state index in [4.69, 9.17) is 14.7 Å². The summed E-state index contributed by atoms with van der Waals surface area (Å²) in [5.74, 6) is 1.01. The molecule has 0 fully saturated rings. The second-order valence-electron chi connectivity index (χ2n) is 6.53. The number of rotatable bonds is 10. The Morgan fingerprint density at radius 3 is 1.93 bits per heavy atom. The summed E-state index contributed by atoms with van der Waals surface area (Å²) in [4.78, 5) is 3.04. The van der Waals surface area contributed by atoms with Gasteiger partial charge < -0.3 is 9.47 Å². The molecule has 2 aromatic rings. The number of ether oxygens (including phenoxy) is 2. The first-order valence-electron chi connectivity index (χ1n) is 9.24. The Bertz CT molecular complexity index is 906. The molecule has 0 aliphatic heterocycles. The molecule has 7 heteroatoms. The standard InChI is InChI=1S/C22H23N5O2/c1-28-18-9-5-16(6-10-18)20(4-3-14-23)21(13-15-24)22(26-27-25)17-7-11-19(29-2)12-8-17/h5-12,20-22H,3-4,13H2,1-2H3. The van der Waals surface area contributed by atoms with E-state index in [9.17, 15) is 10.8 Å². The van der Waals surface area contributed by atoms with Crippen molar-refractivity contribution < 1.29 is 9.47 Å². The Labute approximate surface area is 170 Å². The van der Waals surface area contributed by atoms with Crippen LogP contribution in [-0.2, 0) is 0 Å². The van der Waals surface area contributed by atoms with Crippen molar-refractivity contribution in [3.63, 3.8) is 0 Å². The molecule has 3 unspecified atom stereocenters. The number of benzene rings is 2. The number of hydrogen-bond donors (Lipinski definition) is 0. The van der Waals surface area contributed by atoms with Crippen molar-refractivity contribution >= 4 is 0 Å². The number of methoxy groups -OCH3 is 2. The van der Waals surface area contributed by atoms with Gasteiger partial charge in [0.05, 0.1) is 32.4 Å². The number of nitriles is 2. The Hall–Kier alpha value is -3.67. The molecular weight excluding hydrogens is 366 g/mol. The van der Waals surface area contributed by atoms with Crippen LogP contribution in [0.4, 0.5) is 0 Å². The van der Waals surface area contributed by atoms with E-state index in [1.165, 1.54) is 0 Å². The molecule has 0 heterocycles.